The van der Waals surface area contributed by atoms with Crippen LogP contribution in [0.2, 0.25) is 0 Å². The minimum Gasteiger partial charge on any atom is -0.489 e. The summed E-state index contributed by atoms with van der Waals surface area (Å²) in [5.41, 5.74) is 2.19. The summed E-state index contributed by atoms with van der Waals surface area (Å²) < 4.78 is 23.5. The molecule has 3 rings (SSSR count). The van der Waals surface area contributed by atoms with Crippen LogP contribution in [0.3, 0.4) is 0 Å². The van der Waals surface area contributed by atoms with Gasteiger partial charge in [0.25, 0.3) is 5.91 Å². The summed E-state index contributed by atoms with van der Waals surface area (Å²) in [4.78, 5) is 16.4. The highest BCUT2D eigenvalue weighted by atomic mass is 32.1. The molecule has 0 spiro atoms. The molecule has 5 nitrogen and oxygen atoms in total. The van der Waals surface area contributed by atoms with Gasteiger partial charge in [0.15, 0.2) is 0 Å². The van der Waals surface area contributed by atoms with Crippen LogP contribution in [0.4, 0.5) is 4.39 Å². The summed E-state index contributed by atoms with van der Waals surface area (Å²) in [5, 5.41) is 5.24. The number of carbonyl (C=O) groups is 1. The van der Waals surface area contributed by atoms with Gasteiger partial charge in [-0.25, -0.2) is 9.37 Å². The van der Waals surface area contributed by atoms with Crippen LogP contribution in [0.1, 0.15) is 16.1 Å². The number of nitrogens with zero attached hydrogens (tertiary/aromatic N) is 1. The lowest BCUT2D eigenvalue weighted by atomic mass is 10.2. The molecule has 1 heterocycles. The van der Waals surface area contributed by atoms with Gasteiger partial charge in [-0.05, 0) is 42.0 Å². The maximum absolute atomic E-state index is 12.9. The van der Waals surface area contributed by atoms with E-state index in [1.807, 2.05) is 24.3 Å². The Kier molecular flexibility index (Phi) is 6.51. The third-order valence-electron chi connectivity index (χ3n) is 3.75. The first-order chi connectivity index (χ1) is 13.2. The predicted molar refractivity (Wildman–Crippen MR) is 102 cm³/mol. The monoisotopic (exact) mass is 386 g/mol. The summed E-state index contributed by atoms with van der Waals surface area (Å²) in [7, 11) is 1.58. The number of ether oxygens (including phenoxy) is 2. The SMILES string of the molecule is COCCNC(=O)c1csc(-c2ccc(OCc3ccc(F)cc3)cc2)n1. The number of hydrogen-bond donors (Lipinski definition) is 1. The molecular weight excluding hydrogens is 367 g/mol. The number of methoxy groups -OCH3 is 1. The van der Waals surface area contributed by atoms with Crippen LogP contribution in [0.15, 0.2) is 53.9 Å². The van der Waals surface area contributed by atoms with Crippen molar-refractivity contribution in [2.45, 2.75) is 6.61 Å². The number of nitrogens with one attached hydrogen (secondary N) is 1. The van der Waals surface area contributed by atoms with Crippen molar-refractivity contribution in [1.82, 2.24) is 10.3 Å². The Morgan fingerprint density at radius 3 is 2.59 bits per heavy atom. The average Bonchev–Trinajstić information content (AvgIpc) is 3.18. The number of carbonyl (C=O) groups excluding carboxylic acids is 1. The topological polar surface area (TPSA) is 60.5 Å². The van der Waals surface area contributed by atoms with Gasteiger partial charge in [0.1, 0.15) is 28.9 Å². The smallest absolute Gasteiger partial charge is 0.270 e. The van der Waals surface area contributed by atoms with Gasteiger partial charge < -0.3 is 14.8 Å². The Balaban J connectivity index is 1.58. The van der Waals surface area contributed by atoms with Crippen LogP contribution in [0.25, 0.3) is 10.6 Å². The third kappa shape index (κ3) is 5.35. The summed E-state index contributed by atoms with van der Waals surface area (Å²) >= 11 is 1.41. The number of hydrogen-bond acceptors (Lipinski definition) is 5. The van der Waals surface area contributed by atoms with E-state index in [-0.39, 0.29) is 11.7 Å². The molecule has 0 fully saturated rings. The van der Waals surface area contributed by atoms with Crippen molar-refractivity contribution in [1.29, 1.82) is 0 Å². The maximum Gasteiger partial charge on any atom is 0.270 e. The highest BCUT2D eigenvalue weighted by molar-refractivity contribution is 7.13. The summed E-state index contributed by atoms with van der Waals surface area (Å²) in [6.07, 6.45) is 0. The van der Waals surface area contributed by atoms with Gasteiger partial charge in [-0.2, -0.15) is 0 Å². The van der Waals surface area contributed by atoms with E-state index in [9.17, 15) is 9.18 Å². The first kappa shape index (κ1) is 19.0. The molecule has 140 valence electrons. The van der Waals surface area contributed by atoms with E-state index < -0.39 is 0 Å². The summed E-state index contributed by atoms with van der Waals surface area (Å²) in [5.74, 6) is 0.226. The van der Waals surface area contributed by atoms with E-state index in [0.29, 0.717) is 31.2 Å². The molecule has 0 aliphatic heterocycles. The first-order valence-corrected chi connectivity index (χ1v) is 9.24. The minimum atomic E-state index is -0.265. The van der Waals surface area contributed by atoms with Crippen LogP contribution in [-0.2, 0) is 11.3 Å². The Morgan fingerprint density at radius 1 is 1.15 bits per heavy atom. The highest BCUT2D eigenvalue weighted by Gasteiger charge is 2.11. The zero-order valence-electron chi connectivity index (χ0n) is 14.8. The van der Waals surface area contributed by atoms with Crippen molar-refractivity contribution in [3.8, 4) is 16.3 Å². The molecule has 0 aliphatic rings. The summed E-state index contributed by atoms with van der Waals surface area (Å²) in [6, 6.07) is 13.7. The lowest BCUT2D eigenvalue weighted by molar-refractivity contribution is 0.0933. The van der Waals surface area contributed by atoms with Crippen LogP contribution < -0.4 is 10.1 Å². The van der Waals surface area contributed by atoms with E-state index in [4.69, 9.17) is 9.47 Å². The van der Waals surface area contributed by atoms with Gasteiger partial charge in [-0.15, -0.1) is 11.3 Å². The molecule has 0 radical (unpaired) electrons. The molecule has 0 atom stereocenters. The number of aromatic nitrogens is 1. The largest absolute Gasteiger partial charge is 0.489 e. The molecule has 2 aromatic carbocycles. The molecule has 3 aromatic rings. The van der Waals surface area contributed by atoms with E-state index in [0.717, 1.165) is 16.1 Å². The molecule has 0 saturated heterocycles. The second kappa shape index (κ2) is 9.25. The van der Waals surface area contributed by atoms with E-state index in [1.165, 1.54) is 23.5 Å². The van der Waals surface area contributed by atoms with Crippen molar-refractivity contribution in [2.24, 2.45) is 0 Å². The fourth-order valence-corrected chi connectivity index (χ4v) is 3.12. The molecule has 1 N–H and O–H groups in total. The average molecular weight is 386 g/mol. The predicted octanol–water partition coefficient (Wildman–Crippen LogP) is 3.90. The van der Waals surface area contributed by atoms with Crippen molar-refractivity contribution < 1.29 is 18.7 Å². The second-order valence-corrected chi connectivity index (χ2v) is 6.58. The van der Waals surface area contributed by atoms with Gasteiger partial charge in [-0.3, -0.25) is 4.79 Å². The van der Waals surface area contributed by atoms with Gasteiger partial charge in [0, 0.05) is 24.6 Å². The highest BCUT2D eigenvalue weighted by Crippen LogP contribution is 2.26. The number of benzene rings is 2. The number of thiazole rings is 1. The fourth-order valence-electron chi connectivity index (χ4n) is 2.31. The van der Waals surface area contributed by atoms with Crippen LogP contribution in [0, 0.1) is 5.82 Å². The van der Waals surface area contributed by atoms with E-state index in [1.54, 1.807) is 24.6 Å². The van der Waals surface area contributed by atoms with Gasteiger partial charge in [0.05, 0.1) is 6.61 Å². The van der Waals surface area contributed by atoms with Gasteiger partial charge in [-0.1, -0.05) is 12.1 Å². The molecule has 0 aliphatic carbocycles. The van der Waals surface area contributed by atoms with Crippen LogP contribution in [-0.4, -0.2) is 31.2 Å². The molecular formula is C20H19FN2O3S. The Hall–Kier alpha value is -2.77. The number of rotatable bonds is 8. The zero-order valence-corrected chi connectivity index (χ0v) is 15.6. The Labute approximate surface area is 160 Å². The quantitative estimate of drug-likeness (QED) is 0.597. The zero-order chi connectivity index (χ0) is 19.1. The van der Waals surface area contributed by atoms with Gasteiger partial charge in [0.2, 0.25) is 0 Å². The van der Waals surface area contributed by atoms with Crippen LogP contribution >= 0.6 is 11.3 Å². The Morgan fingerprint density at radius 2 is 1.89 bits per heavy atom. The molecule has 1 aromatic heterocycles. The molecule has 27 heavy (non-hydrogen) atoms. The van der Waals surface area contributed by atoms with Crippen molar-refractivity contribution >= 4 is 17.2 Å². The lowest BCUT2D eigenvalue weighted by Crippen LogP contribution is -2.27. The molecule has 0 unspecified atom stereocenters. The second-order valence-electron chi connectivity index (χ2n) is 5.73. The fraction of sp³-hybridized carbons (Fsp3) is 0.200. The van der Waals surface area contributed by atoms with Gasteiger partial charge >= 0.3 is 0 Å². The third-order valence-corrected chi connectivity index (χ3v) is 4.64. The molecule has 1 amide bonds. The number of halogens is 1. The van der Waals surface area contributed by atoms with Crippen molar-refractivity contribution in [3.63, 3.8) is 0 Å². The first-order valence-electron chi connectivity index (χ1n) is 8.36. The Bertz CT molecular complexity index is 879. The van der Waals surface area contributed by atoms with Crippen LogP contribution in [0.5, 0.6) is 5.75 Å². The number of amides is 1. The van der Waals surface area contributed by atoms with Crippen molar-refractivity contribution in [2.75, 3.05) is 20.3 Å². The molecule has 0 saturated carbocycles. The maximum atomic E-state index is 12.9. The summed E-state index contributed by atoms with van der Waals surface area (Å²) in [6.45, 7) is 1.27. The minimum absolute atomic E-state index is 0.214. The van der Waals surface area contributed by atoms with E-state index in [2.05, 4.69) is 10.3 Å². The normalized spacial score (nSPS) is 10.6. The lowest BCUT2D eigenvalue weighted by Gasteiger charge is -2.07. The van der Waals surface area contributed by atoms with E-state index >= 15 is 0 Å². The molecule has 7 heteroatoms. The standard InChI is InChI=1S/C20H19FN2O3S/c1-25-11-10-22-19(24)18-13-27-20(23-18)15-4-8-17(9-5-15)26-12-14-2-6-16(21)7-3-14/h2-9,13H,10-12H2,1H3,(H,22,24). The van der Waals surface area contributed by atoms with Crippen molar-refractivity contribution in [3.05, 3.63) is 71.0 Å². The molecule has 0 bridgehead atoms.